The van der Waals surface area contributed by atoms with Gasteiger partial charge in [-0.2, -0.15) is 5.26 Å². The van der Waals surface area contributed by atoms with E-state index in [1.54, 1.807) is 61.5 Å². The number of aromatic nitrogens is 1. The Hall–Kier alpha value is -4.18. The summed E-state index contributed by atoms with van der Waals surface area (Å²) < 4.78 is 5.02. The number of nitrogens with one attached hydrogen (secondary N) is 2. The quantitative estimate of drug-likeness (QED) is 0.618. The largest absolute Gasteiger partial charge is 0.462 e. The minimum atomic E-state index is -0.510. The molecule has 1 amide bonds. The summed E-state index contributed by atoms with van der Waals surface area (Å²) in [5, 5.41) is 14.8. The van der Waals surface area contributed by atoms with Gasteiger partial charge in [0.25, 0.3) is 5.91 Å². The number of benzene rings is 2. The Morgan fingerprint density at radius 3 is 2.66 bits per heavy atom. The summed E-state index contributed by atoms with van der Waals surface area (Å²) >= 11 is 0. The number of pyridine rings is 1. The average Bonchev–Trinajstić information content (AvgIpc) is 2.74. The van der Waals surface area contributed by atoms with E-state index in [4.69, 9.17) is 10.00 Å². The van der Waals surface area contributed by atoms with Gasteiger partial charge >= 0.3 is 5.97 Å². The van der Waals surface area contributed by atoms with Crippen LogP contribution in [0.25, 0.3) is 0 Å². The number of rotatable bonds is 6. The lowest BCUT2D eigenvalue weighted by Gasteiger charge is -2.11. The molecule has 0 bridgehead atoms. The highest BCUT2D eigenvalue weighted by atomic mass is 16.5. The van der Waals surface area contributed by atoms with Crippen molar-refractivity contribution in [3.63, 3.8) is 0 Å². The molecule has 144 valence electrons. The molecule has 0 spiro atoms. The van der Waals surface area contributed by atoms with Crippen molar-refractivity contribution in [2.24, 2.45) is 0 Å². The molecule has 0 aliphatic carbocycles. The second kappa shape index (κ2) is 9.15. The fourth-order valence-electron chi connectivity index (χ4n) is 2.63. The fourth-order valence-corrected chi connectivity index (χ4v) is 2.63. The number of nitrogens with zero attached hydrogens (tertiary/aromatic N) is 2. The zero-order valence-corrected chi connectivity index (χ0v) is 15.7. The van der Waals surface area contributed by atoms with Crippen LogP contribution < -0.4 is 10.6 Å². The third kappa shape index (κ3) is 4.96. The maximum Gasteiger partial charge on any atom is 0.340 e. The van der Waals surface area contributed by atoms with E-state index in [-0.39, 0.29) is 17.9 Å². The highest BCUT2D eigenvalue weighted by Gasteiger charge is 2.15. The highest BCUT2D eigenvalue weighted by molar-refractivity contribution is 6.07. The topological polar surface area (TPSA) is 104 Å². The van der Waals surface area contributed by atoms with Crippen LogP contribution in [-0.4, -0.2) is 23.5 Å². The zero-order valence-electron chi connectivity index (χ0n) is 15.7. The minimum Gasteiger partial charge on any atom is -0.462 e. The van der Waals surface area contributed by atoms with Gasteiger partial charge in [-0.15, -0.1) is 0 Å². The summed E-state index contributed by atoms with van der Waals surface area (Å²) in [5.74, 6) is -0.972. The van der Waals surface area contributed by atoms with E-state index in [2.05, 4.69) is 21.7 Å². The SMILES string of the molecule is CCOC(=O)c1ccccc1NC(=O)c1cc(Nc2cccc(C#N)c2)ccn1. The summed E-state index contributed by atoms with van der Waals surface area (Å²) in [4.78, 5) is 28.8. The zero-order chi connectivity index (χ0) is 20.6. The molecule has 0 radical (unpaired) electrons. The van der Waals surface area contributed by atoms with E-state index in [0.717, 1.165) is 0 Å². The lowest BCUT2D eigenvalue weighted by molar-refractivity contribution is 0.0527. The fraction of sp³-hybridized carbons (Fsp3) is 0.0909. The molecule has 2 N–H and O–H groups in total. The second-order valence-electron chi connectivity index (χ2n) is 5.97. The lowest BCUT2D eigenvalue weighted by atomic mass is 10.1. The number of amides is 1. The van der Waals surface area contributed by atoms with Gasteiger partial charge < -0.3 is 15.4 Å². The Bertz CT molecular complexity index is 1090. The van der Waals surface area contributed by atoms with E-state index in [1.165, 1.54) is 6.20 Å². The van der Waals surface area contributed by atoms with Gasteiger partial charge in [0.05, 0.1) is 29.5 Å². The van der Waals surface area contributed by atoms with Crippen LogP contribution in [0, 0.1) is 11.3 Å². The van der Waals surface area contributed by atoms with E-state index >= 15 is 0 Å². The Labute approximate surface area is 168 Å². The molecule has 0 aliphatic rings. The van der Waals surface area contributed by atoms with Crippen molar-refractivity contribution < 1.29 is 14.3 Å². The molecule has 0 fully saturated rings. The van der Waals surface area contributed by atoms with Crippen LogP contribution in [0.4, 0.5) is 17.1 Å². The molecule has 0 aliphatic heterocycles. The summed E-state index contributed by atoms with van der Waals surface area (Å²) in [6.07, 6.45) is 1.50. The van der Waals surface area contributed by atoms with Gasteiger partial charge in [0.2, 0.25) is 0 Å². The van der Waals surface area contributed by atoms with Gasteiger partial charge in [-0.1, -0.05) is 18.2 Å². The first-order valence-electron chi connectivity index (χ1n) is 8.91. The van der Waals surface area contributed by atoms with Crippen LogP contribution in [-0.2, 0) is 4.74 Å². The molecule has 1 aromatic heterocycles. The number of carbonyl (C=O) groups is 2. The molecule has 7 heteroatoms. The third-order valence-corrected chi connectivity index (χ3v) is 3.94. The Balaban J connectivity index is 1.78. The lowest BCUT2D eigenvalue weighted by Crippen LogP contribution is -2.17. The Morgan fingerprint density at radius 1 is 1.07 bits per heavy atom. The normalized spacial score (nSPS) is 9.93. The first-order chi connectivity index (χ1) is 14.1. The molecular formula is C22H18N4O3. The maximum atomic E-state index is 12.7. The number of ether oxygens (including phenoxy) is 1. The van der Waals surface area contributed by atoms with Crippen LogP contribution in [0.15, 0.2) is 66.9 Å². The van der Waals surface area contributed by atoms with Crippen molar-refractivity contribution in [3.05, 3.63) is 83.7 Å². The standard InChI is InChI=1S/C22H18N4O3/c1-2-29-22(28)18-8-3-4-9-19(18)26-21(27)20-13-17(10-11-24-20)25-16-7-5-6-15(12-16)14-23/h3-13H,2H2,1H3,(H,24,25)(H,26,27). The molecule has 0 unspecified atom stereocenters. The molecular weight excluding hydrogens is 368 g/mol. The van der Waals surface area contributed by atoms with Gasteiger partial charge in [0, 0.05) is 17.6 Å². The second-order valence-corrected chi connectivity index (χ2v) is 5.97. The number of anilines is 3. The molecule has 1 heterocycles. The van der Waals surface area contributed by atoms with E-state index in [0.29, 0.717) is 22.6 Å². The molecule has 0 saturated carbocycles. The molecule has 0 atom stereocenters. The van der Waals surface area contributed by atoms with Crippen LogP contribution in [0.5, 0.6) is 0 Å². The average molecular weight is 386 g/mol. The predicted molar refractivity (Wildman–Crippen MR) is 109 cm³/mol. The molecule has 3 rings (SSSR count). The van der Waals surface area contributed by atoms with Crippen molar-refractivity contribution >= 4 is 28.9 Å². The van der Waals surface area contributed by atoms with Gasteiger partial charge in [-0.05, 0) is 49.4 Å². The molecule has 29 heavy (non-hydrogen) atoms. The smallest absolute Gasteiger partial charge is 0.340 e. The van der Waals surface area contributed by atoms with Crippen molar-refractivity contribution in [1.29, 1.82) is 5.26 Å². The first kappa shape index (κ1) is 19.6. The van der Waals surface area contributed by atoms with Crippen LogP contribution in [0.1, 0.15) is 33.3 Å². The Morgan fingerprint density at radius 2 is 1.86 bits per heavy atom. The third-order valence-electron chi connectivity index (χ3n) is 3.94. The van der Waals surface area contributed by atoms with Gasteiger partial charge in [-0.3, -0.25) is 9.78 Å². The van der Waals surface area contributed by atoms with Gasteiger partial charge in [-0.25, -0.2) is 4.79 Å². The van der Waals surface area contributed by atoms with Crippen molar-refractivity contribution in [1.82, 2.24) is 4.98 Å². The number of hydrogen-bond acceptors (Lipinski definition) is 6. The molecule has 2 aromatic carbocycles. The molecule has 0 saturated heterocycles. The number of carbonyl (C=O) groups excluding carboxylic acids is 2. The summed E-state index contributed by atoms with van der Waals surface area (Å²) in [6.45, 7) is 1.96. The number of nitriles is 1. The van der Waals surface area contributed by atoms with Crippen LogP contribution in [0.2, 0.25) is 0 Å². The van der Waals surface area contributed by atoms with Gasteiger partial charge in [0.15, 0.2) is 0 Å². The van der Waals surface area contributed by atoms with Crippen LogP contribution in [0.3, 0.4) is 0 Å². The van der Waals surface area contributed by atoms with E-state index in [1.807, 2.05) is 6.07 Å². The maximum absolute atomic E-state index is 12.7. The first-order valence-corrected chi connectivity index (χ1v) is 8.91. The van der Waals surface area contributed by atoms with E-state index < -0.39 is 11.9 Å². The number of para-hydroxylation sites is 1. The Kier molecular flexibility index (Phi) is 6.18. The number of esters is 1. The highest BCUT2D eigenvalue weighted by Crippen LogP contribution is 2.20. The van der Waals surface area contributed by atoms with E-state index in [9.17, 15) is 9.59 Å². The number of hydrogen-bond donors (Lipinski definition) is 2. The predicted octanol–water partition coefficient (Wildman–Crippen LogP) is 4.13. The summed E-state index contributed by atoms with van der Waals surface area (Å²) in [7, 11) is 0. The van der Waals surface area contributed by atoms with Crippen molar-refractivity contribution in [2.75, 3.05) is 17.2 Å². The van der Waals surface area contributed by atoms with Crippen LogP contribution >= 0.6 is 0 Å². The molecule has 3 aromatic rings. The monoisotopic (exact) mass is 386 g/mol. The van der Waals surface area contributed by atoms with Crippen molar-refractivity contribution in [2.45, 2.75) is 6.92 Å². The summed E-state index contributed by atoms with van der Waals surface area (Å²) in [6, 6.07) is 19.0. The van der Waals surface area contributed by atoms with Gasteiger partial charge in [0.1, 0.15) is 5.69 Å². The minimum absolute atomic E-state index is 0.171. The molecule has 7 nitrogen and oxygen atoms in total. The van der Waals surface area contributed by atoms with Crippen molar-refractivity contribution in [3.8, 4) is 6.07 Å². The summed E-state index contributed by atoms with van der Waals surface area (Å²) in [5.41, 5.74) is 2.67.